The van der Waals surface area contributed by atoms with Gasteiger partial charge in [0, 0.05) is 26.1 Å². The van der Waals surface area contributed by atoms with E-state index in [2.05, 4.69) is 4.98 Å². The van der Waals surface area contributed by atoms with E-state index in [1.807, 2.05) is 4.57 Å². The first-order valence-corrected chi connectivity index (χ1v) is 6.23. The molecule has 1 aliphatic heterocycles. The lowest BCUT2D eigenvalue weighted by Crippen LogP contribution is -2.38. The van der Waals surface area contributed by atoms with Gasteiger partial charge in [-0.25, -0.2) is 9.37 Å². The monoisotopic (exact) mass is 262 g/mol. The summed E-state index contributed by atoms with van der Waals surface area (Å²) in [6.45, 7) is 0.603. The summed E-state index contributed by atoms with van der Waals surface area (Å²) in [5, 5.41) is 0. The minimum Gasteiger partial charge on any atom is -0.369 e. The largest absolute Gasteiger partial charge is 0.369 e. The van der Waals surface area contributed by atoms with Crippen LogP contribution in [0.1, 0.15) is 18.9 Å². The van der Waals surface area contributed by atoms with Crippen molar-refractivity contribution in [2.24, 2.45) is 0 Å². The second-order valence-corrected chi connectivity index (χ2v) is 4.94. The highest BCUT2D eigenvalue weighted by atomic mass is 19.1. The molecule has 2 aromatic rings. The zero-order valence-corrected chi connectivity index (χ0v) is 10.6. The Balaban J connectivity index is 2.05. The van der Waals surface area contributed by atoms with Gasteiger partial charge in [0.25, 0.3) is 0 Å². The molecule has 0 bridgehead atoms. The van der Waals surface area contributed by atoms with Crippen LogP contribution in [0.5, 0.6) is 0 Å². The number of imidazole rings is 1. The molecule has 1 aromatic heterocycles. The Morgan fingerprint density at radius 2 is 2.26 bits per heavy atom. The second kappa shape index (κ2) is 4.22. The highest BCUT2D eigenvalue weighted by Gasteiger charge is 2.26. The van der Waals surface area contributed by atoms with Crippen molar-refractivity contribution >= 4 is 22.9 Å². The molecular formula is C13H15FN4O. The molecule has 1 aliphatic rings. The maximum atomic E-state index is 13.2. The average Bonchev–Trinajstić information content (AvgIpc) is 2.68. The Labute approximate surface area is 109 Å². The second-order valence-electron chi connectivity index (χ2n) is 4.94. The predicted octanol–water partition coefficient (Wildman–Crippen LogP) is 1.55. The summed E-state index contributed by atoms with van der Waals surface area (Å²) in [4.78, 5) is 17.4. The van der Waals surface area contributed by atoms with Crippen LogP contribution in [0.2, 0.25) is 0 Å². The van der Waals surface area contributed by atoms with Crippen LogP contribution in [0, 0.1) is 5.82 Å². The molecule has 0 spiro atoms. The zero-order valence-electron chi connectivity index (χ0n) is 10.6. The number of rotatable bonds is 1. The third-order valence-corrected chi connectivity index (χ3v) is 3.65. The molecule has 2 heterocycles. The molecule has 6 heteroatoms. The van der Waals surface area contributed by atoms with Crippen molar-refractivity contribution in [2.75, 3.05) is 19.3 Å². The Kier molecular flexibility index (Phi) is 2.66. The van der Waals surface area contributed by atoms with Gasteiger partial charge in [0.15, 0.2) is 0 Å². The van der Waals surface area contributed by atoms with Crippen molar-refractivity contribution in [3.05, 3.63) is 24.0 Å². The van der Waals surface area contributed by atoms with Crippen LogP contribution in [0.15, 0.2) is 18.2 Å². The summed E-state index contributed by atoms with van der Waals surface area (Å²) in [5.41, 5.74) is 7.30. The molecule has 1 saturated heterocycles. The quantitative estimate of drug-likeness (QED) is 0.848. The molecule has 0 aliphatic carbocycles. The first-order chi connectivity index (χ1) is 9.06. The van der Waals surface area contributed by atoms with Crippen molar-refractivity contribution in [3.8, 4) is 0 Å². The zero-order chi connectivity index (χ0) is 13.6. The number of carbonyl (C=O) groups excluding carboxylic acids is 1. The van der Waals surface area contributed by atoms with E-state index in [1.165, 1.54) is 12.1 Å². The van der Waals surface area contributed by atoms with E-state index in [0.717, 1.165) is 11.9 Å². The van der Waals surface area contributed by atoms with Crippen LogP contribution in [0.25, 0.3) is 11.0 Å². The molecule has 19 heavy (non-hydrogen) atoms. The number of nitrogens with two attached hydrogens (primary N) is 1. The fraction of sp³-hybridized carbons (Fsp3) is 0.385. The minimum absolute atomic E-state index is 0.0955. The number of carbonyl (C=O) groups is 1. The fourth-order valence-electron chi connectivity index (χ4n) is 2.68. The Morgan fingerprint density at radius 1 is 1.47 bits per heavy atom. The number of aromatic nitrogens is 2. The van der Waals surface area contributed by atoms with E-state index in [1.54, 1.807) is 18.0 Å². The van der Waals surface area contributed by atoms with Gasteiger partial charge in [0.1, 0.15) is 5.82 Å². The lowest BCUT2D eigenvalue weighted by atomic mass is 10.1. The lowest BCUT2D eigenvalue weighted by molar-refractivity contribution is -0.132. The number of likely N-dealkylation sites (N-methyl/N-ethyl adjacent to an activating group) is 1. The number of fused-ring (bicyclic) bond motifs is 1. The van der Waals surface area contributed by atoms with Gasteiger partial charge in [-0.1, -0.05) is 0 Å². The highest BCUT2D eigenvalue weighted by Crippen LogP contribution is 2.29. The topological polar surface area (TPSA) is 64.2 Å². The van der Waals surface area contributed by atoms with Crippen LogP contribution >= 0.6 is 0 Å². The van der Waals surface area contributed by atoms with Gasteiger partial charge in [0.2, 0.25) is 11.9 Å². The van der Waals surface area contributed by atoms with Crippen LogP contribution in [0.4, 0.5) is 10.3 Å². The van der Waals surface area contributed by atoms with E-state index in [-0.39, 0.29) is 17.8 Å². The number of likely N-dealkylation sites (tertiary alicyclic amines) is 1. The van der Waals surface area contributed by atoms with Crippen LogP contribution in [0.3, 0.4) is 0 Å². The molecule has 2 N–H and O–H groups in total. The summed E-state index contributed by atoms with van der Waals surface area (Å²) in [6, 6.07) is 4.56. The molecule has 3 rings (SSSR count). The summed E-state index contributed by atoms with van der Waals surface area (Å²) in [6.07, 6.45) is 1.23. The Hall–Kier alpha value is -2.11. The first kappa shape index (κ1) is 12.0. The van der Waals surface area contributed by atoms with Crippen LogP contribution < -0.4 is 5.73 Å². The van der Waals surface area contributed by atoms with Gasteiger partial charge in [-0.3, -0.25) is 4.79 Å². The number of nitrogen functional groups attached to an aromatic ring is 1. The Bertz CT molecular complexity index is 651. The van der Waals surface area contributed by atoms with E-state index in [0.29, 0.717) is 24.4 Å². The number of piperidine rings is 1. The number of amides is 1. The summed E-state index contributed by atoms with van der Waals surface area (Å²) in [7, 11) is 1.78. The van der Waals surface area contributed by atoms with E-state index < -0.39 is 0 Å². The van der Waals surface area contributed by atoms with Crippen molar-refractivity contribution < 1.29 is 9.18 Å². The number of anilines is 1. The van der Waals surface area contributed by atoms with Gasteiger partial charge < -0.3 is 15.2 Å². The first-order valence-electron chi connectivity index (χ1n) is 6.23. The van der Waals surface area contributed by atoms with Gasteiger partial charge in [-0.05, 0) is 18.6 Å². The number of benzene rings is 1. The fourth-order valence-corrected chi connectivity index (χ4v) is 2.68. The molecule has 1 unspecified atom stereocenters. The molecule has 1 fully saturated rings. The molecular weight excluding hydrogens is 247 g/mol. The SMILES string of the molecule is CN1CC(n2c(N)nc3cc(F)ccc32)CCC1=O. The molecule has 100 valence electrons. The van der Waals surface area contributed by atoms with Crippen molar-refractivity contribution in [3.63, 3.8) is 0 Å². The van der Waals surface area contributed by atoms with Gasteiger partial charge in [0.05, 0.1) is 17.1 Å². The molecule has 0 saturated carbocycles. The summed E-state index contributed by atoms with van der Waals surface area (Å²) < 4.78 is 15.1. The van der Waals surface area contributed by atoms with Gasteiger partial charge >= 0.3 is 0 Å². The lowest BCUT2D eigenvalue weighted by Gasteiger charge is -2.31. The standard InChI is InChI=1S/C13H15FN4O/c1-17-7-9(3-5-12(17)19)18-11-4-2-8(14)6-10(11)16-13(18)15/h2,4,6,9H,3,5,7H2,1H3,(H2,15,16). The minimum atomic E-state index is -0.326. The normalized spacial score (nSPS) is 20.2. The van der Waals surface area contributed by atoms with Crippen LogP contribution in [-0.2, 0) is 4.79 Å². The van der Waals surface area contributed by atoms with E-state index in [9.17, 15) is 9.18 Å². The van der Waals surface area contributed by atoms with E-state index >= 15 is 0 Å². The van der Waals surface area contributed by atoms with Crippen molar-refractivity contribution in [1.29, 1.82) is 0 Å². The number of hydrogen-bond donors (Lipinski definition) is 1. The smallest absolute Gasteiger partial charge is 0.222 e. The highest BCUT2D eigenvalue weighted by molar-refractivity contribution is 5.79. The van der Waals surface area contributed by atoms with Gasteiger partial charge in [-0.15, -0.1) is 0 Å². The molecule has 1 atom stereocenters. The van der Waals surface area contributed by atoms with Crippen molar-refractivity contribution in [1.82, 2.24) is 14.5 Å². The predicted molar refractivity (Wildman–Crippen MR) is 70.0 cm³/mol. The summed E-state index contributed by atoms with van der Waals surface area (Å²) in [5.74, 6) is 0.187. The molecule has 1 aromatic carbocycles. The number of nitrogens with zero attached hydrogens (tertiary/aromatic N) is 3. The number of halogens is 1. The third-order valence-electron chi connectivity index (χ3n) is 3.65. The average molecular weight is 262 g/mol. The Morgan fingerprint density at radius 3 is 3.00 bits per heavy atom. The third kappa shape index (κ3) is 1.93. The van der Waals surface area contributed by atoms with Gasteiger partial charge in [-0.2, -0.15) is 0 Å². The number of hydrogen-bond acceptors (Lipinski definition) is 3. The maximum absolute atomic E-state index is 13.2. The molecule has 1 amide bonds. The van der Waals surface area contributed by atoms with Crippen LogP contribution in [-0.4, -0.2) is 34.0 Å². The maximum Gasteiger partial charge on any atom is 0.222 e. The summed E-state index contributed by atoms with van der Waals surface area (Å²) >= 11 is 0. The van der Waals surface area contributed by atoms with E-state index in [4.69, 9.17) is 5.73 Å². The molecule has 0 radical (unpaired) electrons. The van der Waals surface area contributed by atoms with Crippen molar-refractivity contribution in [2.45, 2.75) is 18.9 Å². The molecule has 5 nitrogen and oxygen atoms in total.